The van der Waals surface area contributed by atoms with Gasteiger partial charge in [-0.15, -0.1) is 5.06 Å². The number of halogens is 2. The van der Waals surface area contributed by atoms with Crippen LogP contribution in [-0.2, 0) is 0 Å². The molecule has 3 aromatic carbocycles. The van der Waals surface area contributed by atoms with Gasteiger partial charge in [0, 0.05) is 31.5 Å². The first-order valence-electron chi connectivity index (χ1n) is 8.32. The summed E-state index contributed by atoms with van der Waals surface area (Å²) in [6.45, 7) is 0. The van der Waals surface area contributed by atoms with E-state index in [0.29, 0.717) is 38.2 Å². The van der Waals surface area contributed by atoms with Crippen LogP contribution in [0.4, 0.5) is 4.39 Å². The van der Waals surface area contributed by atoms with Crippen LogP contribution in [0.1, 0.15) is 20.7 Å². The topological polar surface area (TPSA) is 86.5 Å². The molecule has 8 heteroatoms. The molecule has 6 nitrogen and oxygen atoms in total. The van der Waals surface area contributed by atoms with Crippen LogP contribution >= 0.6 is 15.9 Å². The molecule has 28 heavy (non-hydrogen) atoms. The molecule has 0 aliphatic carbocycles. The lowest BCUT2D eigenvalue weighted by Crippen LogP contribution is -2.25. The van der Waals surface area contributed by atoms with E-state index in [0.717, 1.165) is 9.99 Å². The van der Waals surface area contributed by atoms with Gasteiger partial charge in [0.15, 0.2) is 5.58 Å². The SMILES string of the molecule is O=C1c2c(c3c4cc(F)ccc4oc3c3[nH]c4ccc(Br)cc4c23)C(=O)N1O. The predicted octanol–water partition coefficient (Wildman–Crippen LogP) is 5.11. The Morgan fingerprint density at radius 3 is 2.54 bits per heavy atom. The molecule has 0 spiro atoms. The summed E-state index contributed by atoms with van der Waals surface area (Å²) in [7, 11) is 0. The highest BCUT2D eigenvalue weighted by Crippen LogP contribution is 2.45. The van der Waals surface area contributed by atoms with E-state index >= 15 is 0 Å². The molecule has 2 aromatic heterocycles. The number of carbonyl (C=O) groups is 2. The lowest BCUT2D eigenvalue weighted by Gasteiger charge is -2.01. The first kappa shape index (κ1) is 15.8. The van der Waals surface area contributed by atoms with E-state index in [9.17, 15) is 19.2 Å². The second-order valence-corrected chi connectivity index (χ2v) is 7.60. The molecule has 2 amide bonds. The van der Waals surface area contributed by atoms with Gasteiger partial charge in [-0.25, -0.2) is 4.39 Å². The molecule has 0 saturated heterocycles. The molecular formula is C20H8BrFN2O4. The Balaban J connectivity index is 1.99. The Morgan fingerprint density at radius 2 is 1.75 bits per heavy atom. The Labute approximate surface area is 163 Å². The smallest absolute Gasteiger partial charge is 0.286 e. The molecule has 3 heterocycles. The monoisotopic (exact) mass is 438 g/mol. The van der Waals surface area contributed by atoms with E-state index in [-0.39, 0.29) is 16.2 Å². The zero-order chi connectivity index (χ0) is 19.3. The van der Waals surface area contributed by atoms with Crippen molar-refractivity contribution in [3.8, 4) is 0 Å². The number of hydroxylamine groups is 2. The van der Waals surface area contributed by atoms with Gasteiger partial charge in [-0.05, 0) is 36.4 Å². The number of imide groups is 1. The largest absolute Gasteiger partial charge is 0.454 e. The molecule has 5 aromatic rings. The zero-order valence-corrected chi connectivity index (χ0v) is 15.4. The van der Waals surface area contributed by atoms with E-state index in [1.54, 1.807) is 0 Å². The van der Waals surface area contributed by atoms with Crippen molar-refractivity contribution in [2.24, 2.45) is 0 Å². The van der Waals surface area contributed by atoms with Gasteiger partial charge in [0.25, 0.3) is 11.8 Å². The average molecular weight is 439 g/mol. The molecule has 1 aliphatic heterocycles. The highest BCUT2D eigenvalue weighted by atomic mass is 79.9. The summed E-state index contributed by atoms with van der Waals surface area (Å²) in [6.07, 6.45) is 0. The summed E-state index contributed by atoms with van der Waals surface area (Å²) in [5, 5.41) is 12.0. The van der Waals surface area contributed by atoms with Crippen LogP contribution in [0.3, 0.4) is 0 Å². The molecule has 0 radical (unpaired) electrons. The van der Waals surface area contributed by atoms with Gasteiger partial charge in [0.05, 0.1) is 16.6 Å². The number of hydrogen-bond acceptors (Lipinski definition) is 4. The number of carbonyl (C=O) groups excluding carboxylic acids is 2. The van der Waals surface area contributed by atoms with Crippen LogP contribution in [-0.4, -0.2) is 27.1 Å². The zero-order valence-electron chi connectivity index (χ0n) is 13.8. The number of hydrogen-bond donors (Lipinski definition) is 2. The van der Waals surface area contributed by atoms with Crippen LogP contribution in [0, 0.1) is 5.82 Å². The summed E-state index contributed by atoms with van der Waals surface area (Å²) < 4.78 is 20.6. The normalized spacial score (nSPS) is 14.3. The third-order valence-corrected chi connectivity index (χ3v) is 5.69. The second-order valence-electron chi connectivity index (χ2n) is 6.68. The molecule has 0 unspecified atom stereocenters. The fourth-order valence-electron chi connectivity index (χ4n) is 4.07. The maximum Gasteiger partial charge on any atom is 0.286 e. The van der Waals surface area contributed by atoms with Crippen molar-refractivity contribution in [3.63, 3.8) is 0 Å². The highest BCUT2D eigenvalue weighted by Gasteiger charge is 2.41. The molecule has 2 N–H and O–H groups in total. The average Bonchev–Trinajstić information content (AvgIpc) is 3.29. The van der Waals surface area contributed by atoms with E-state index in [2.05, 4.69) is 20.9 Å². The van der Waals surface area contributed by atoms with Crippen LogP contribution in [0.15, 0.2) is 45.3 Å². The van der Waals surface area contributed by atoms with Gasteiger partial charge < -0.3 is 9.40 Å². The maximum atomic E-state index is 13.9. The van der Waals surface area contributed by atoms with Crippen LogP contribution in [0.2, 0.25) is 0 Å². The van der Waals surface area contributed by atoms with E-state index in [4.69, 9.17) is 4.42 Å². The summed E-state index contributed by atoms with van der Waals surface area (Å²) >= 11 is 3.42. The Bertz CT molecular complexity index is 1430. The van der Waals surface area contributed by atoms with Gasteiger partial charge in [-0.2, -0.15) is 0 Å². The quantitative estimate of drug-likeness (QED) is 0.260. The number of nitrogens with one attached hydrogen (secondary N) is 1. The first-order valence-corrected chi connectivity index (χ1v) is 9.11. The summed E-state index contributed by atoms with van der Waals surface area (Å²) in [5.74, 6) is -2.18. The van der Waals surface area contributed by atoms with Crippen molar-refractivity contribution in [3.05, 3.63) is 57.8 Å². The fraction of sp³-hybridized carbons (Fsp3) is 0. The minimum Gasteiger partial charge on any atom is -0.454 e. The molecule has 0 saturated carbocycles. The lowest BCUT2D eigenvalue weighted by molar-refractivity contribution is -0.0325. The maximum absolute atomic E-state index is 13.9. The number of aromatic nitrogens is 1. The summed E-state index contributed by atoms with van der Waals surface area (Å²) in [4.78, 5) is 28.7. The molecule has 1 aliphatic rings. The van der Waals surface area contributed by atoms with Gasteiger partial charge >= 0.3 is 0 Å². The number of furan rings is 1. The number of fused-ring (bicyclic) bond motifs is 10. The fourth-order valence-corrected chi connectivity index (χ4v) is 4.43. The van der Waals surface area contributed by atoms with E-state index in [1.807, 2.05) is 18.2 Å². The first-order chi connectivity index (χ1) is 13.5. The van der Waals surface area contributed by atoms with Gasteiger partial charge in [0.1, 0.15) is 11.4 Å². The summed E-state index contributed by atoms with van der Waals surface area (Å²) in [6, 6.07) is 9.48. The number of aromatic amines is 1. The van der Waals surface area contributed by atoms with Gasteiger partial charge in [0.2, 0.25) is 0 Å². The minimum absolute atomic E-state index is 0.0141. The Hall–Kier alpha value is -3.23. The van der Waals surface area contributed by atoms with Crippen molar-refractivity contribution >= 4 is 71.5 Å². The van der Waals surface area contributed by atoms with Crippen molar-refractivity contribution in [1.82, 2.24) is 10.0 Å². The van der Waals surface area contributed by atoms with Gasteiger partial charge in [-0.1, -0.05) is 15.9 Å². The van der Waals surface area contributed by atoms with Crippen LogP contribution in [0.25, 0.3) is 43.7 Å². The number of H-pyrrole nitrogens is 1. The van der Waals surface area contributed by atoms with Crippen molar-refractivity contribution in [2.75, 3.05) is 0 Å². The van der Waals surface area contributed by atoms with Crippen molar-refractivity contribution in [2.45, 2.75) is 0 Å². The number of benzene rings is 3. The standard InChI is InChI=1S/C20H8BrFN2O4/c21-7-1-3-11-9(5-7)13-15-16(20(26)24(27)19(15)25)14-10-6-8(22)2-4-12(10)28-18(14)17(13)23-11/h1-6,23,27H. The molecular weight excluding hydrogens is 431 g/mol. The molecule has 0 bridgehead atoms. The lowest BCUT2D eigenvalue weighted by atomic mass is 9.97. The van der Waals surface area contributed by atoms with Crippen molar-refractivity contribution < 1.29 is 23.6 Å². The third kappa shape index (κ3) is 1.74. The van der Waals surface area contributed by atoms with E-state index < -0.39 is 17.6 Å². The predicted molar refractivity (Wildman–Crippen MR) is 103 cm³/mol. The molecule has 6 rings (SSSR count). The molecule has 0 fully saturated rings. The summed E-state index contributed by atoms with van der Waals surface area (Å²) in [5.41, 5.74) is 2.04. The van der Waals surface area contributed by atoms with Crippen LogP contribution in [0.5, 0.6) is 0 Å². The second kappa shape index (κ2) is 4.98. The Morgan fingerprint density at radius 1 is 1.00 bits per heavy atom. The number of amides is 2. The van der Waals surface area contributed by atoms with Crippen LogP contribution < -0.4 is 0 Å². The van der Waals surface area contributed by atoms with E-state index in [1.165, 1.54) is 18.2 Å². The molecule has 136 valence electrons. The minimum atomic E-state index is -0.858. The molecule has 0 atom stereocenters. The number of nitrogens with zero attached hydrogens (tertiary/aromatic N) is 1. The highest BCUT2D eigenvalue weighted by molar-refractivity contribution is 9.10. The van der Waals surface area contributed by atoms with Crippen molar-refractivity contribution in [1.29, 1.82) is 0 Å². The van der Waals surface area contributed by atoms with Gasteiger partial charge in [-0.3, -0.25) is 14.8 Å². The Kier molecular flexibility index (Phi) is 2.81. The number of rotatable bonds is 0. The third-order valence-electron chi connectivity index (χ3n) is 5.20.